The third-order valence-electron chi connectivity index (χ3n) is 2.52. The van der Waals surface area contributed by atoms with Crippen LogP contribution < -0.4 is 0 Å². The quantitative estimate of drug-likeness (QED) is 0.591. The molecule has 0 fully saturated rings. The third-order valence-corrected chi connectivity index (χ3v) is 3.32. The SMILES string of the molecule is Fc1cc2nc(CCCl)n(CC(F)(F)F)c2cc1Br. The highest BCUT2D eigenvalue weighted by atomic mass is 79.9. The number of hydrogen-bond donors (Lipinski definition) is 0. The summed E-state index contributed by atoms with van der Waals surface area (Å²) in [4.78, 5) is 4.01. The lowest BCUT2D eigenvalue weighted by Crippen LogP contribution is -2.19. The number of imidazole rings is 1. The van der Waals surface area contributed by atoms with E-state index in [1.54, 1.807) is 0 Å². The molecule has 0 saturated heterocycles. The second-order valence-electron chi connectivity index (χ2n) is 3.92. The maximum atomic E-state index is 13.4. The lowest BCUT2D eigenvalue weighted by atomic mass is 10.3. The predicted octanol–water partition coefficient (Wildman–Crippen LogP) is 4.28. The molecule has 0 atom stereocenters. The molecule has 0 aliphatic heterocycles. The average Bonchev–Trinajstić information content (AvgIpc) is 2.57. The molecule has 1 heterocycles. The molecule has 2 rings (SSSR count). The van der Waals surface area contributed by atoms with Crippen LogP contribution in [0.25, 0.3) is 11.0 Å². The van der Waals surface area contributed by atoms with Crippen molar-refractivity contribution in [2.24, 2.45) is 0 Å². The van der Waals surface area contributed by atoms with Crippen LogP contribution in [0, 0.1) is 5.82 Å². The van der Waals surface area contributed by atoms with E-state index in [1.165, 1.54) is 6.07 Å². The van der Waals surface area contributed by atoms with E-state index < -0.39 is 18.5 Å². The van der Waals surface area contributed by atoms with Gasteiger partial charge in [-0.2, -0.15) is 13.2 Å². The van der Waals surface area contributed by atoms with E-state index in [0.29, 0.717) is 0 Å². The van der Waals surface area contributed by atoms with Crippen LogP contribution in [-0.4, -0.2) is 21.6 Å². The van der Waals surface area contributed by atoms with Gasteiger partial charge in [-0.25, -0.2) is 9.37 Å². The molecule has 0 spiro atoms. The summed E-state index contributed by atoms with van der Waals surface area (Å²) >= 11 is 8.51. The smallest absolute Gasteiger partial charge is 0.319 e. The van der Waals surface area contributed by atoms with Gasteiger partial charge in [-0.05, 0) is 22.0 Å². The van der Waals surface area contributed by atoms with E-state index in [4.69, 9.17) is 11.6 Å². The van der Waals surface area contributed by atoms with Gasteiger partial charge in [0.25, 0.3) is 0 Å². The first-order chi connectivity index (χ1) is 8.81. The van der Waals surface area contributed by atoms with Crippen LogP contribution in [0.15, 0.2) is 16.6 Å². The fraction of sp³-hybridized carbons (Fsp3) is 0.364. The Morgan fingerprint density at radius 1 is 1.32 bits per heavy atom. The lowest BCUT2D eigenvalue weighted by Gasteiger charge is -2.11. The van der Waals surface area contributed by atoms with Gasteiger partial charge in [0.05, 0.1) is 15.5 Å². The van der Waals surface area contributed by atoms with E-state index in [2.05, 4.69) is 20.9 Å². The molecule has 0 N–H and O–H groups in total. The second-order valence-corrected chi connectivity index (χ2v) is 5.16. The van der Waals surface area contributed by atoms with Crippen molar-refractivity contribution in [2.45, 2.75) is 19.1 Å². The molecule has 0 radical (unpaired) electrons. The summed E-state index contributed by atoms with van der Waals surface area (Å²) in [7, 11) is 0. The van der Waals surface area contributed by atoms with Crippen molar-refractivity contribution in [3.63, 3.8) is 0 Å². The second kappa shape index (κ2) is 5.28. The molecule has 0 unspecified atom stereocenters. The highest BCUT2D eigenvalue weighted by molar-refractivity contribution is 9.10. The van der Waals surface area contributed by atoms with Crippen molar-refractivity contribution in [3.05, 3.63) is 28.2 Å². The minimum Gasteiger partial charge on any atom is -0.319 e. The van der Waals surface area contributed by atoms with Gasteiger partial charge in [0, 0.05) is 18.4 Å². The topological polar surface area (TPSA) is 17.8 Å². The Morgan fingerprint density at radius 2 is 2.00 bits per heavy atom. The third kappa shape index (κ3) is 3.20. The summed E-state index contributed by atoms with van der Waals surface area (Å²) in [6, 6.07) is 2.39. The molecule has 0 saturated carbocycles. The average molecular weight is 360 g/mol. The molecule has 2 aromatic rings. The minimum absolute atomic E-state index is 0.0979. The predicted molar refractivity (Wildman–Crippen MR) is 67.9 cm³/mol. The Bertz CT molecular complexity index is 609. The highest BCUT2D eigenvalue weighted by Gasteiger charge is 2.30. The van der Waals surface area contributed by atoms with Crippen molar-refractivity contribution < 1.29 is 17.6 Å². The zero-order valence-corrected chi connectivity index (χ0v) is 11.8. The normalized spacial score (nSPS) is 12.3. The van der Waals surface area contributed by atoms with Crippen LogP contribution in [0.5, 0.6) is 0 Å². The molecule has 0 aliphatic carbocycles. The fourth-order valence-electron chi connectivity index (χ4n) is 1.80. The summed E-state index contributed by atoms with van der Waals surface area (Å²) in [5.74, 6) is -0.230. The first kappa shape index (κ1) is 14.6. The fourth-order valence-corrected chi connectivity index (χ4v) is 2.30. The van der Waals surface area contributed by atoms with Crippen LogP contribution in [0.1, 0.15) is 5.82 Å². The van der Waals surface area contributed by atoms with Gasteiger partial charge in [-0.3, -0.25) is 0 Å². The molecule has 0 bridgehead atoms. The van der Waals surface area contributed by atoms with Gasteiger partial charge in [0.2, 0.25) is 0 Å². The molecule has 104 valence electrons. The zero-order chi connectivity index (χ0) is 14.2. The van der Waals surface area contributed by atoms with Gasteiger partial charge >= 0.3 is 6.18 Å². The summed E-state index contributed by atoms with van der Waals surface area (Å²) in [5, 5.41) is 0. The molecule has 1 aromatic heterocycles. The number of halogens is 6. The van der Waals surface area contributed by atoms with Crippen molar-refractivity contribution in [2.75, 3.05) is 5.88 Å². The Labute approximate surface area is 119 Å². The number of fused-ring (bicyclic) bond motifs is 1. The molecule has 0 aliphatic rings. The highest BCUT2D eigenvalue weighted by Crippen LogP contribution is 2.27. The van der Waals surface area contributed by atoms with E-state index in [-0.39, 0.29) is 33.6 Å². The zero-order valence-electron chi connectivity index (χ0n) is 9.44. The molecule has 8 heteroatoms. The monoisotopic (exact) mass is 358 g/mol. The molecule has 2 nitrogen and oxygen atoms in total. The van der Waals surface area contributed by atoms with Crippen LogP contribution in [-0.2, 0) is 13.0 Å². The van der Waals surface area contributed by atoms with Gasteiger partial charge in [-0.15, -0.1) is 11.6 Å². The molecular formula is C11H8BrClF4N2. The molecule has 1 aromatic carbocycles. The number of nitrogens with zero attached hydrogens (tertiary/aromatic N) is 2. The Balaban J connectivity index is 2.62. The molecule has 19 heavy (non-hydrogen) atoms. The van der Waals surface area contributed by atoms with Crippen molar-refractivity contribution in [1.82, 2.24) is 9.55 Å². The van der Waals surface area contributed by atoms with E-state index in [9.17, 15) is 17.6 Å². The summed E-state index contributed by atoms with van der Waals surface area (Å²) in [6.07, 6.45) is -4.19. The molecular weight excluding hydrogens is 351 g/mol. The summed E-state index contributed by atoms with van der Waals surface area (Å²) in [5.41, 5.74) is 0.413. The number of hydrogen-bond acceptors (Lipinski definition) is 1. The number of rotatable bonds is 3. The van der Waals surface area contributed by atoms with E-state index in [1.807, 2.05) is 0 Å². The van der Waals surface area contributed by atoms with Crippen LogP contribution >= 0.6 is 27.5 Å². The Kier molecular flexibility index (Phi) is 4.06. The number of benzene rings is 1. The van der Waals surface area contributed by atoms with Gasteiger partial charge in [0.1, 0.15) is 18.2 Å². The van der Waals surface area contributed by atoms with Crippen molar-refractivity contribution in [3.8, 4) is 0 Å². The van der Waals surface area contributed by atoms with Gasteiger partial charge in [-0.1, -0.05) is 0 Å². The van der Waals surface area contributed by atoms with Gasteiger partial charge in [0.15, 0.2) is 0 Å². The van der Waals surface area contributed by atoms with E-state index >= 15 is 0 Å². The standard InChI is InChI=1S/C11H8BrClF4N2/c12-6-3-9-8(4-7(6)14)18-10(1-2-13)19(9)5-11(15,16)17/h3-4H,1-2,5H2. The number of aryl methyl sites for hydroxylation is 1. The largest absolute Gasteiger partial charge is 0.406 e. The number of alkyl halides is 4. The maximum Gasteiger partial charge on any atom is 0.406 e. The summed E-state index contributed by atoms with van der Waals surface area (Å²) in [6.45, 7) is -1.17. The Morgan fingerprint density at radius 3 is 2.58 bits per heavy atom. The first-order valence-corrected chi connectivity index (χ1v) is 6.61. The number of aromatic nitrogens is 2. The lowest BCUT2D eigenvalue weighted by molar-refractivity contribution is -0.140. The van der Waals surface area contributed by atoms with Gasteiger partial charge < -0.3 is 4.57 Å². The van der Waals surface area contributed by atoms with Crippen molar-refractivity contribution in [1.29, 1.82) is 0 Å². The summed E-state index contributed by atoms with van der Waals surface area (Å²) < 4.78 is 52.2. The van der Waals surface area contributed by atoms with Crippen molar-refractivity contribution >= 4 is 38.6 Å². The molecule has 0 amide bonds. The van der Waals surface area contributed by atoms with Crippen LogP contribution in [0.2, 0.25) is 0 Å². The first-order valence-electron chi connectivity index (χ1n) is 5.28. The maximum absolute atomic E-state index is 13.4. The van der Waals surface area contributed by atoms with E-state index in [0.717, 1.165) is 10.6 Å². The minimum atomic E-state index is -4.38. The Hall–Kier alpha value is -0.820. The van der Waals surface area contributed by atoms with Crippen LogP contribution in [0.3, 0.4) is 0 Å². The van der Waals surface area contributed by atoms with Crippen LogP contribution in [0.4, 0.5) is 17.6 Å².